The summed E-state index contributed by atoms with van der Waals surface area (Å²) < 4.78 is 0. The standard InChI is InChI=1S/C71H76BN3/c1-66(2,3)46-29-33-49(34-30-46)73-61-36-32-48(68(7,8)9)40-56(61)72-57-43-54-55(70(12,13)38-37-69(54,10)11)44-62(57)75(58-35-31-47(67(4,5)6)39-51(58)45-23-17-16-18-24-45)64-42-50(41-63(73)65(64)72)74-59-27-21-19-25-52(59)71(14,15)53-26-20-22-28-60(53)74/h16-36,39-44H,37-38H2,1-15H3. The number of hydrogen-bond donors (Lipinski definition) is 0. The first kappa shape index (κ1) is 49.1. The molecule has 0 spiro atoms. The summed E-state index contributed by atoms with van der Waals surface area (Å²) in [6.45, 7) is 35.8. The molecule has 0 unspecified atom stereocenters. The molecule has 0 atom stereocenters. The molecular weight excluding hydrogens is 906 g/mol. The van der Waals surface area contributed by atoms with E-state index < -0.39 is 0 Å². The lowest BCUT2D eigenvalue weighted by Crippen LogP contribution is -2.62. The van der Waals surface area contributed by atoms with Gasteiger partial charge in [0.15, 0.2) is 0 Å². The molecule has 1 aliphatic carbocycles. The van der Waals surface area contributed by atoms with Crippen LogP contribution in [0.3, 0.4) is 0 Å². The van der Waals surface area contributed by atoms with Crippen LogP contribution >= 0.6 is 0 Å². The van der Waals surface area contributed by atoms with E-state index in [9.17, 15) is 0 Å². The summed E-state index contributed by atoms with van der Waals surface area (Å²) in [6, 6.07) is 64.1. The van der Waals surface area contributed by atoms with Crippen LogP contribution in [-0.2, 0) is 32.5 Å². The first-order chi connectivity index (χ1) is 35.3. The number of rotatable bonds is 4. The molecule has 0 aromatic heterocycles. The molecule has 4 heteroatoms. The molecule has 0 saturated heterocycles. The Hall–Kier alpha value is -6.78. The molecule has 0 saturated carbocycles. The number of benzene rings is 8. The van der Waals surface area contributed by atoms with Gasteiger partial charge < -0.3 is 14.7 Å². The van der Waals surface area contributed by atoms with Gasteiger partial charge in [0.2, 0.25) is 0 Å². The van der Waals surface area contributed by atoms with Crippen LogP contribution in [0.1, 0.15) is 156 Å². The summed E-state index contributed by atoms with van der Waals surface area (Å²) in [7, 11) is 0. The van der Waals surface area contributed by atoms with Crippen LogP contribution < -0.4 is 31.1 Å². The SMILES string of the molecule is CC(C)(C)c1ccc(N2c3ccc(C(C)(C)C)cc3B3c4cc5c(cc4N(c4ccc(C(C)(C)C)cc4-c4ccccc4)c4cc(N6c7ccccc7C(C)(C)c7ccccc76)cc2c43)C(C)(C)CCC5(C)C)cc1. The van der Waals surface area contributed by atoms with Gasteiger partial charge in [-0.2, -0.15) is 0 Å². The number of para-hydroxylation sites is 2. The van der Waals surface area contributed by atoms with Crippen LogP contribution in [0.2, 0.25) is 0 Å². The lowest BCUT2D eigenvalue weighted by Gasteiger charge is -2.48. The highest BCUT2D eigenvalue weighted by Gasteiger charge is 2.48. The maximum Gasteiger partial charge on any atom is 0.252 e. The van der Waals surface area contributed by atoms with E-state index in [1.807, 2.05) is 0 Å². The smallest absolute Gasteiger partial charge is 0.252 e. The third-order valence-electron chi connectivity index (χ3n) is 18.0. The van der Waals surface area contributed by atoms with E-state index >= 15 is 0 Å². The zero-order valence-electron chi connectivity index (χ0n) is 47.4. The molecule has 4 aliphatic rings. The monoisotopic (exact) mass is 982 g/mol. The zero-order chi connectivity index (χ0) is 52.9. The summed E-state index contributed by atoms with van der Waals surface area (Å²) in [5.74, 6) is 0. The Morgan fingerprint density at radius 1 is 0.360 bits per heavy atom. The van der Waals surface area contributed by atoms with E-state index in [2.05, 4.69) is 282 Å². The van der Waals surface area contributed by atoms with Gasteiger partial charge in [0.05, 0.1) is 22.7 Å². The van der Waals surface area contributed by atoms with Crippen LogP contribution in [0.4, 0.5) is 51.2 Å². The molecule has 12 rings (SSSR count). The van der Waals surface area contributed by atoms with Gasteiger partial charge in [-0.3, -0.25) is 0 Å². The first-order valence-corrected chi connectivity index (χ1v) is 27.8. The lowest BCUT2D eigenvalue weighted by molar-refractivity contribution is 0.332. The van der Waals surface area contributed by atoms with Gasteiger partial charge in [0.1, 0.15) is 0 Å². The molecule has 3 nitrogen and oxygen atoms in total. The van der Waals surface area contributed by atoms with E-state index in [1.165, 1.54) is 106 Å². The normalized spacial score (nSPS) is 16.8. The van der Waals surface area contributed by atoms with Crippen LogP contribution in [-0.4, -0.2) is 6.71 Å². The fourth-order valence-corrected chi connectivity index (χ4v) is 13.3. The van der Waals surface area contributed by atoms with Crippen molar-refractivity contribution >= 4 is 74.3 Å². The summed E-state index contributed by atoms with van der Waals surface area (Å²) >= 11 is 0. The quantitative estimate of drug-likeness (QED) is 0.163. The minimum Gasteiger partial charge on any atom is -0.311 e. The van der Waals surface area contributed by atoms with Crippen LogP contribution in [0.25, 0.3) is 11.1 Å². The topological polar surface area (TPSA) is 9.72 Å². The zero-order valence-corrected chi connectivity index (χ0v) is 47.4. The molecule has 8 aromatic carbocycles. The number of fused-ring (bicyclic) bond motifs is 7. The molecule has 0 fully saturated rings. The van der Waals surface area contributed by atoms with Crippen molar-refractivity contribution in [2.45, 2.75) is 149 Å². The van der Waals surface area contributed by atoms with E-state index in [0.717, 1.165) is 24.2 Å². The Morgan fingerprint density at radius 3 is 1.40 bits per heavy atom. The van der Waals surface area contributed by atoms with E-state index in [-0.39, 0.29) is 39.2 Å². The molecule has 0 amide bonds. The van der Waals surface area contributed by atoms with Crippen molar-refractivity contribution in [1.29, 1.82) is 0 Å². The minimum absolute atomic E-state index is 0.00882. The second-order valence-corrected chi connectivity index (χ2v) is 27.4. The second-order valence-electron chi connectivity index (χ2n) is 27.4. The van der Waals surface area contributed by atoms with Gasteiger partial charge >= 0.3 is 0 Å². The van der Waals surface area contributed by atoms with Crippen LogP contribution in [0, 0.1) is 0 Å². The van der Waals surface area contributed by atoms with Crippen molar-refractivity contribution in [3.8, 4) is 11.1 Å². The van der Waals surface area contributed by atoms with Gasteiger partial charge in [-0.05, 0) is 161 Å². The van der Waals surface area contributed by atoms with Crippen LogP contribution in [0.15, 0.2) is 164 Å². The highest BCUT2D eigenvalue weighted by Crippen LogP contribution is 2.56. The average molecular weight is 982 g/mol. The van der Waals surface area contributed by atoms with Crippen molar-refractivity contribution in [1.82, 2.24) is 0 Å². The predicted molar refractivity (Wildman–Crippen MR) is 324 cm³/mol. The highest BCUT2D eigenvalue weighted by molar-refractivity contribution is 7.00. The average Bonchev–Trinajstić information content (AvgIpc) is 3.43. The summed E-state index contributed by atoms with van der Waals surface area (Å²) in [4.78, 5) is 7.91. The van der Waals surface area contributed by atoms with Crippen molar-refractivity contribution in [2.75, 3.05) is 14.7 Å². The largest absolute Gasteiger partial charge is 0.311 e. The molecule has 3 aliphatic heterocycles. The third-order valence-corrected chi connectivity index (χ3v) is 18.0. The maximum atomic E-state index is 2.71. The van der Waals surface area contributed by atoms with Crippen LogP contribution in [0.5, 0.6) is 0 Å². The molecule has 378 valence electrons. The summed E-state index contributed by atoms with van der Waals surface area (Å²) in [5, 5.41) is 0. The fraction of sp³-hybridized carbons (Fsp3) is 0.324. The Labute approximate surface area is 449 Å². The van der Waals surface area contributed by atoms with Gasteiger partial charge in [-0.15, -0.1) is 0 Å². The third kappa shape index (κ3) is 7.74. The van der Waals surface area contributed by atoms with Gasteiger partial charge in [0.25, 0.3) is 6.71 Å². The Bertz CT molecular complexity index is 3540. The Balaban J connectivity index is 1.27. The van der Waals surface area contributed by atoms with Crippen molar-refractivity contribution in [3.63, 3.8) is 0 Å². The molecule has 0 N–H and O–H groups in total. The minimum atomic E-state index is -0.203. The van der Waals surface area contributed by atoms with E-state index in [4.69, 9.17) is 0 Å². The highest BCUT2D eigenvalue weighted by atomic mass is 15.2. The van der Waals surface area contributed by atoms with Gasteiger partial charge in [-0.25, -0.2) is 0 Å². The fourth-order valence-electron chi connectivity index (χ4n) is 13.3. The van der Waals surface area contributed by atoms with Crippen molar-refractivity contribution < 1.29 is 0 Å². The molecule has 8 aromatic rings. The predicted octanol–water partition coefficient (Wildman–Crippen LogP) is 17.8. The van der Waals surface area contributed by atoms with Crippen molar-refractivity contribution in [3.05, 3.63) is 203 Å². The first-order valence-electron chi connectivity index (χ1n) is 27.8. The molecule has 0 bridgehead atoms. The Morgan fingerprint density at radius 2 is 0.827 bits per heavy atom. The van der Waals surface area contributed by atoms with Crippen molar-refractivity contribution in [2.24, 2.45) is 0 Å². The van der Waals surface area contributed by atoms with Gasteiger partial charge in [0, 0.05) is 39.4 Å². The number of anilines is 9. The Kier molecular flexibility index (Phi) is 10.9. The molecular formula is C71H76BN3. The number of nitrogens with zero attached hydrogens (tertiary/aromatic N) is 3. The lowest BCUT2D eigenvalue weighted by atomic mass is 9.33. The van der Waals surface area contributed by atoms with Gasteiger partial charge in [-0.1, -0.05) is 207 Å². The number of hydrogen-bond acceptors (Lipinski definition) is 3. The molecule has 75 heavy (non-hydrogen) atoms. The summed E-state index contributed by atoms with van der Waals surface area (Å²) in [6.07, 6.45) is 2.29. The second kappa shape index (κ2) is 16.6. The molecule has 0 radical (unpaired) electrons. The van der Waals surface area contributed by atoms with E-state index in [0.29, 0.717) is 0 Å². The summed E-state index contributed by atoms with van der Waals surface area (Å²) in [5.41, 5.74) is 26.7. The van der Waals surface area contributed by atoms with E-state index in [1.54, 1.807) is 0 Å². The maximum absolute atomic E-state index is 2.71. The molecule has 3 heterocycles.